The summed E-state index contributed by atoms with van der Waals surface area (Å²) in [6.45, 7) is 0. The fourth-order valence-electron chi connectivity index (χ4n) is 1.74. The monoisotopic (exact) mass is 327 g/mol. The SMILES string of the molecule is FC(F)(F)Sc1cccc(/N=c2\snc3ccccn23)c1. The van der Waals surface area contributed by atoms with Crippen molar-refractivity contribution in [2.75, 3.05) is 0 Å². The summed E-state index contributed by atoms with van der Waals surface area (Å²) in [6.07, 6.45) is 1.81. The van der Waals surface area contributed by atoms with Crippen molar-refractivity contribution in [3.8, 4) is 0 Å². The molecule has 1 aromatic carbocycles. The quantitative estimate of drug-likeness (QED) is 0.659. The molecule has 0 amide bonds. The third-order valence-corrected chi connectivity index (χ3v) is 3.99. The number of thioether (sulfide) groups is 1. The standard InChI is InChI=1S/C13H8F3N3S2/c14-13(15,16)20-10-5-3-4-9(8-10)17-12-19-7-2-1-6-11(19)18-21-12/h1-8H/b17-12-. The number of rotatable bonds is 2. The molecule has 3 nitrogen and oxygen atoms in total. The van der Waals surface area contributed by atoms with E-state index in [9.17, 15) is 13.2 Å². The van der Waals surface area contributed by atoms with Gasteiger partial charge in [0.25, 0.3) is 0 Å². The number of fused-ring (bicyclic) bond motifs is 1. The third kappa shape index (κ3) is 3.45. The Bertz CT molecular complexity index is 836. The van der Waals surface area contributed by atoms with Gasteiger partial charge in [-0.05, 0) is 42.1 Å². The van der Waals surface area contributed by atoms with Crippen molar-refractivity contribution in [2.24, 2.45) is 4.99 Å². The van der Waals surface area contributed by atoms with E-state index in [0.29, 0.717) is 10.5 Å². The molecule has 2 heterocycles. The fraction of sp³-hybridized carbons (Fsp3) is 0.0769. The van der Waals surface area contributed by atoms with Crippen LogP contribution in [0.1, 0.15) is 0 Å². The normalized spacial score (nSPS) is 13.0. The number of nitrogens with zero attached hydrogens (tertiary/aromatic N) is 3. The van der Waals surface area contributed by atoms with Gasteiger partial charge in [0.15, 0.2) is 5.65 Å². The predicted octanol–water partition coefficient (Wildman–Crippen LogP) is 4.24. The molecular formula is C13H8F3N3S2. The maximum atomic E-state index is 12.4. The summed E-state index contributed by atoms with van der Waals surface area (Å²) in [5.74, 6) is 0. The number of pyridine rings is 1. The largest absolute Gasteiger partial charge is 0.446 e. The Labute approximate surface area is 125 Å². The zero-order chi connectivity index (χ0) is 14.9. The summed E-state index contributed by atoms with van der Waals surface area (Å²) in [7, 11) is 0. The van der Waals surface area contributed by atoms with Crippen LogP contribution < -0.4 is 4.80 Å². The number of halogens is 3. The first-order chi connectivity index (χ1) is 10.0. The van der Waals surface area contributed by atoms with Gasteiger partial charge in [0.05, 0.1) is 5.69 Å². The van der Waals surface area contributed by atoms with Crippen molar-refractivity contribution in [1.82, 2.24) is 8.77 Å². The number of hydrogen-bond acceptors (Lipinski definition) is 4. The van der Waals surface area contributed by atoms with Crippen LogP contribution in [0.25, 0.3) is 5.65 Å². The molecule has 0 N–H and O–H groups in total. The molecule has 0 bridgehead atoms. The van der Waals surface area contributed by atoms with Gasteiger partial charge in [0.2, 0.25) is 4.80 Å². The van der Waals surface area contributed by atoms with Crippen LogP contribution in [0.2, 0.25) is 0 Å². The molecule has 0 atom stereocenters. The van der Waals surface area contributed by atoms with Gasteiger partial charge < -0.3 is 0 Å². The minimum absolute atomic E-state index is 0.113. The lowest BCUT2D eigenvalue weighted by Crippen LogP contribution is -2.04. The van der Waals surface area contributed by atoms with Gasteiger partial charge in [-0.2, -0.15) is 17.5 Å². The van der Waals surface area contributed by atoms with Crippen molar-refractivity contribution < 1.29 is 13.2 Å². The number of aromatic nitrogens is 2. The topological polar surface area (TPSA) is 29.7 Å². The van der Waals surface area contributed by atoms with Crippen molar-refractivity contribution in [1.29, 1.82) is 0 Å². The summed E-state index contributed by atoms with van der Waals surface area (Å²) in [4.78, 5) is 5.08. The van der Waals surface area contributed by atoms with Crippen molar-refractivity contribution in [3.63, 3.8) is 0 Å². The molecule has 0 saturated heterocycles. The van der Waals surface area contributed by atoms with Crippen molar-refractivity contribution >= 4 is 34.6 Å². The summed E-state index contributed by atoms with van der Waals surface area (Å²) in [6, 6.07) is 11.6. The Morgan fingerprint density at radius 2 is 2.00 bits per heavy atom. The molecule has 2 aromatic heterocycles. The summed E-state index contributed by atoms with van der Waals surface area (Å²) >= 11 is 1.05. The fourth-order valence-corrected chi connectivity index (χ4v) is 3.04. The average molecular weight is 327 g/mol. The van der Waals surface area contributed by atoms with E-state index in [1.165, 1.54) is 23.7 Å². The van der Waals surface area contributed by atoms with E-state index < -0.39 is 5.51 Å². The molecule has 108 valence electrons. The lowest BCUT2D eigenvalue weighted by atomic mass is 10.3. The van der Waals surface area contributed by atoms with E-state index in [-0.39, 0.29) is 16.7 Å². The van der Waals surface area contributed by atoms with Crippen LogP contribution in [-0.2, 0) is 0 Å². The third-order valence-electron chi connectivity index (χ3n) is 2.54. The molecule has 0 spiro atoms. The molecule has 0 radical (unpaired) electrons. The molecule has 0 fully saturated rings. The summed E-state index contributed by atoms with van der Waals surface area (Å²) in [5.41, 5.74) is -3.09. The molecular weight excluding hydrogens is 319 g/mol. The lowest BCUT2D eigenvalue weighted by Gasteiger charge is -2.05. The maximum absolute atomic E-state index is 12.4. The van der Waals surface area contributed by atoms with Crippen LogP contribution in [0.5, 0.6) is 0 Å². The van der Waals surface area contributed by atoms with Gasteiger partial charge >= 0.3 is 5.51 Å². The molecule has 0 aliphatic carbocycles. The van der Waals surface area contributed by atoms with E-state index in [0.717, 1.165) is 5.65 Å². The van der Waals surface area contributed by atoms with Crippen LogP contribution >= 0.6 is 23.3 Å². The van der Waals surface area contributed by atoms with Crippen LogP contribution in [-0.4, -0.2) is 14.3 Å². The highest BCUT2D eigenvalue weighted by atomic mass is 32.2. The van der Waals surface area contributed by atoms with E-state index in [1.54, 1.807) is 16.5 Å². The van der Waals surface area contributed by atoms with Crippen LogP contribution in [0.4, 0.5) is 18.9 Å². The number of hydrogen-bond donors (Lipinski definition) is 0. The Morgan fingerprint density at radius 1 is 1.14 bits per heavy atom. The maximum Gasteiger partial charge on any atom is 0.446 e. The smallest absolute Gasteiger partial charge is 0.275 e. The first-order valence-corrected chi connectivity index (χ1v) is 7.44. The van der Waals surface area contributed by atoms with Crippen molar-refractivity contribution in [2.45, 2.75) is 10.4 Å². The highest BCUT2D eigenvalue weighted by Crippen LogP contribution is 2.37. The van der Waals surface area contributed by atoms with Crippen LogP contribution in [0.3, 0.4) is 0 Å². The second-order valence-electron chi connectivity index (χ2n) is 4.05. The zero-order valence-electron chi connectivity index (χ0n) is 10.4. The van der Waals surface area contributed by atoms with E-state index in [4.69, 9.17) is 0 Å². The number of alkyl halides is 3. The average Bonchev–Trinajstić information content (AvgIpc) is 2.81. The van der Waals surface area contributed by atoms with Gasteiger partial charge in [0, 0.05) is 22.6 Å². The second-order valence-corrected chi connectivity index (χ2v) is 5.92. The Hall–Kier alpha value is -1.80. The molecule has 0 aliphatic heterocycles. The minimum atomic E-state index is -4.30. The van der Waals surface area contributed by atoms with Gasteiger partial charge in [-0.1, -0.05) is 12.1 Å². The van der Waals surface area contributed by atoms with Crippen molar-refractivity contribution in [3.05, 3.63) is 53.5 Å². The lowest BCUT2D eigenvalue weighted by molar-refractivity contribution is -0.0328. The first kappa shape index (κ1) is 14.2. The molecule has 0 aliphatic rings. The molecule has 0 saturated carbocycles. The van der Waals surface area contributed by atoms with Crippen LogP contribution in [0.15, 0.2) is 58.5 Å². The van der Waals surface area contributed by atoms with Gasteiger partial charge in [0.1, 0.15) is 0 Å². The second kappa shape index (κ2) is 5.53. The van der Waals surface area contributed by atoms with Gasteiger partial charge in [-0.15, -0.1) is 0 Å². The van der Waals surface area contributed by atoms with Gasteiger partial charge in [-0.3, -0.25) is 4.40 Å². The Balaban J connectivity index is 2.01. The number of benzene rings is 1. The first-order valence-electron chi connectivity index (χ1n) is 5.85. The Kier molecular flexibility index (Phi) is 3.73. The highest BCUT2D eigenvalue weighted by Gasteiger charge is 2.29. The molecule has 3 rings (SSSR count). The van der Waals surface area contributed by atoms with E-state index in [2.05, 4.69) is 9.37 Å². The molecule has 0 unspecified atom stereocenters. The predicted molar refractivity (Wildman–Crippen MR) is 76.6 cm³/mol. The summed E-state index contributed by atoms with van der Waals surface area (Å²) < 4.78 is 43.1. The summed E-state index contributed by atoms with van der Waals surface area (Å²) in [5, 5.41) is 0. The van der Waals surface area contributed by atoms with Crippen LogP contribution in [0, 0.1) is 0 Å². The molecule has 3 aromatic rings. The molecule has 21 heavy (non-hydrogen) atoms. The Morgan fingerprint density at radius 3 is 2.81 bits per heavy atom. The van der Waals surface area contributed by atoms with E-state index >= 15 is 0 Å². The molecule has 8 heteroatoms. The highest BCUT2D eigenvalue weighted by molar-refractivity contribution is 8.00. The van der Waals surface area contributed by atoms with Gasteiger partial charge in [-0.25, -0.2) is 4.99 Å². The minimum Gasteiger partial charge on any atom is -0.275 e. The van der Waals surface area contributed by atoms with E-state index in [1.807, 2.05) is 24.4 Å². The zero-order valence-corrected chi connectivity index (χ0v) is 12.0.